The number of nitrogens with zero attached hydrogens (tertiary/aromatic N) is 1. The summed E-state index contributed by atoms with van der Waals surface area (Å²) in [5, 5.41) is 2.73. The maximum atomic E-state index is 11.9. The molecular formula is C17H14N4O3S. The normalized spacial score (nSPS) is 10.3. The molecule has 2 aromatic carbocycles. The minimum atomic E-state index is -0.986. The number of aromatic nitrogens is 1. The van der Waals surface area contributed by atoms with Gasteiger partial charge >= 0.3 is 11.8 Å². The largest absolute Gasteiger partial charge is 0.328 e. The molecule has 0 fully saturated rings. The van der Waals surface area contributed by atoms with Crippen LogP contribution in [0.3, 0.4) is 0 Å². The molecular weight excluding hydrogens is 340 g/mol. The van der Waals surface area contributed by atoms with Gasteiger partial charge in [0.15, 0.2) is 5.13 Å². The second kappa shape index (κ2) is 7.10. The Kier molecular flexibility index (Phi) is 4.71. The van der Waals surface area contributed by atoms with Gasteiger partial charge in [-0.3, -0.25) is 30.6 Å². The summed E-state index contributed by atoms with van der Waals surface area (Å²) in [6, 6.07) is 14.0. The van der Waals surface area contributed by atoms with Crippen molar-refractivity contribution in [1.29, 1.82) is 0 Å². The first-order valence-corrected chi connectivity index (χ1v) is 8.18. The molecule has 1 heterocycles. The Morgan fingerprint density at radius 2 is 1.72 bits per heavy atom. The summed E-state index contributed by atoms with van der Waals surface area (Å²) in [5.41, 5.74) is 6.44. The molecule has 0 unspecified atom stereocenters. The van der Waals surface area contributed by atoms with Crippen LogP contribution < -0.4 is 16.2 Å². The van der Waals surface area contributed by atoms with Gasteiger partial charge in [0.05, 0.1) is 10.2 Å². The number of carbonyl (C=O) groups is 3. The molecule has 126 valence electrons. The summed E-state index contributed by atoms with van der Waals surface area (Å²) in [6.07, 6.45) is 0. The van der Waals surface area contributed by atoms with Crippen molar-refractivity contribution in [3.05, 3.63) is 59.7 Å². The summed E-state index contributed by atoms with van der Waals surface area (Å²) in [5.74, 6) is -2.42. The topological polar surface area (TPSA) is 100 Å². The number of carbonyl (C=O) groups excluding carboxylic acids is 3. The van der Waals surface area contributed by atoms with Crippen molar-refractivity contribution in [2.75, 3.05) is 5.32 Å². The highest BCUT2D eigenvalue weighted by atomic mass is 32.1. The molecule has 0 aliphatic heterocycles. The number of hydrogen-bond donors (Lipinski definition) is 3. The van der Waals surface area contributed by atoms with E-state index in [4.69, 9.17) is 0 Å². The fourth-order valence-electron chi connectivity index (χ4n) is 2.07. The first-order valence-electron chi connectivity index (χ1n) is 7.37. The second-order valence-corrected chi connectivity index (χ2v) is 6.25. The summed E-state index contributed by atoms with van der Waals surface area (Å²) < 4.78 is 0.910. The van der Waals surface area contributed by atoms with Gasteiger partial charge in [-0.2, -0.15) is 0 Å². The van der Waals surface area contributed by atoms with Gasteiger partial charge in [0.2, 0.25) is 0 Å². The van der Waals surface area contributed by atoms with Crippen LogP contribution in [0.4, 0.5) is 5.13 Å². The Balaban J connectivity index is 1.58. The van der Waals surface area contributed by atoms with Crippen LogP contribution in [0.1, 0.15) is 15.9 Å². The molecule has 25 heavy (non-hydrogen) atoms. The number of fused-ring (bicyclic) bond motifs is 1. The Morgan fingerprint density at radius 1 is 0.960 bits per heavy atom. The monoisotopic (exact) mass is 354 g/mol. The Labute approximate surface area is 147 Å². The molecule has 0 atom stereocenters. The maximum Gasteiger partial charge on any atom is 0.328 e. The van der Waals surface area contributed by atoms with Crippen LogP contribution in [0.2, 0.25) is 0 Å². The van der Waals surface area contributed by atoms with Gasteiger partial charge in [0, 0.05) is 5.56 Å². The summed E-state index contributed by atoms with van der Waals surface area (Å²) in [7, 11) is 0. The molecule has 3 rings (SSSR count). The van der Waals surface area contributed by atoms with Crippen molar-refractivity contribution < 1.29 is 14.4 Å². The highest BCUT2D eigenvalue weighted by molar-refractivity contribution is 7.22. The van der Waals surface area contributed by atoms with E-state index in [0.29, 0.717) is 10.7 Å². The molecule has 0 saturated heterocycles. The van der Waals surface area contributed by atoms with E-state index in [2.05, 4.69) is 21.2 Å². The Morgan fingerprint density at radius 3 is 2.48 bits per heavy atom. The number of hydrazine groups is 1. The smallest absolute Gasteiger partial charge is 0.294 e. The third kappa shape index (κ3) is 3.99. The first-order chi connectivity index (χ1) is 12.0. The van der Waals surface area contributed by atoms with E-state index in [-0.39, 0.29) is 0 Å². The van der Waals surface area contributed by atoms with Gasteiger partial charge in [-0.1, -0.05) is 35.6 Å². The van der Waals surface area contributed by atoms with E-state index in [9.17, 15) is 14.4 Å². The van der Waals surface area contributed by atoms with Crippen LogP contribution in [0.15, 0.2) is 48.5 Å². The van der Waals surface area contributed by atoms with Crippen LogP contribution >= 0.6 is 11.3 Å². The van der Waals surface area contributed by atoms with Crippen LogP contribution in [0.25, 0.3) is 10.2 Å². The summed E-state index contributed by atoms with van der Waals surface area (Å²) >= 11 is 1.27. The van der Waals surface area contributed by atoms with Crippen molar-refractivity contribution in [2.45, 2.75) is 6.92 Å². The fraction of sp³-hybridized carbons (Fsp3) is 0.0588. The SMILES string of the molecule is Cc1ccc2nc(NC(=O)C(=O)NNC(=O)c3ccccc3)sc2c1. The quantitative estimate of drug-likeness (QED) is 0.484. The van der Waals surface area contributed by atoms with Crippen molar-refractivity contribution in [3.8, 4) is 0 Å². The van der Waals surface area contributed by atoms with Gasteiger partial charge < -0.3 is 0 Å². The van der Waals surface area contributed by atoms with Gasteiger partial charge in [-0.25, -0.2) is 4.98 Å². The van der Waals surface area contributed by atoms with E-state index >= 15 is 0 Å². The number of nitrogens with one attached hydrogen (secondary N) is 3. The zero-order valence-electron chi connectivity index (χ0n) is 13.2. The molecule has 3 aromatic rings. The number of rotatable bonds is 2. The summed E-state index contributed by atoms with van der Waals surface area (Å²) in [4.78, 5) is 39.7. The van der Waals surface area contributed by atoms with Crippen LogP contribution in [0, 0.1) is 6.92 Å². The number of amides is 3. The molecule has 0 saturated carbocycles. The molecule has 0 aliphatic rings. The van der Waals surface area contributed by atoms with Crippen molar-refractivity contribution in [1.82, 2.24) is 15.8 Å². The molecule has 0 spiro atoms. The van der Waals surface area contributed by atoms with Crippen LogP contribution in [0.5, 0.6) is 0 Å². The maximum absolute atomic E-state index is 11.9. The minimum Gasteiger partial charge on any atom is -0.294 e. The third-order valence-electron chi connectivity index (χ3n) is 3.30. The van der Waals surface area contributed by atoms with Crippen molar-refractivity contribution in [2.24, 2.45) is 0 Å². The van der Waals surface area contributed by atoms with Crippen molar-refractivity contribution >= 4 is 44.4 Å². The lowest BCUT2D eigenvalue weighted by Crippen LogP contribution is -2.46. The second-order valence-electron chi connectivity index (χ2n) is 5.22. The zero-order chi connectivity index (χ0) is 17.8. The van der Waals surface area contributed by atoms with Crippen LogP contribution in [-0.4, -0.2) is 22.7 Å². The van der Waals surface area contributed by atoms with Gasteiger partial charge in [0.25, 0.3) is 5.91 Å². The van der Waals surface area contributed by atoms with E-state index in [0.717, 1.165) is 15.8 Å². The number of hydrogen-bond acceptors (Lipinski definition) is 5. The highest BCUT2D eigenvalue weighted by Crippen LogP contribution is 2.26. The highest BCUT2D eigenvalue weighted by Gasteiger charge is 2.17. The van der Waals surface area contributed by atoms with E-state index < -0.39 is 17.7 Å². The van der Waals surface area contributed by atoms with Gasteiger partial charge in [0.1, 0.15) is 0 Å². The molecule has 0 radical (unpaired) electrons. The molecule has 0 aliphatic carbocycles. The van der Waals surface area contributed by atoms with Crippen molar-refractivity contribution in [3.63, 3.8) is 0 Å². The average Bonchev–Trinajstić information content (AvgIpc) is 3.01. The van der Waals surface area contributed by atoms with Crippen LogP contribution in [-0.2, 0) is 9.59 Å². The van der Waals surface area contributed by atoms with Gasteiger partial charge in [-0.05, 0) is 36.8 Å². The lowest BCUT2D eigenvalue weighted by molar-refractivity contribution is -0.136. The minimum absolute atomic E-state index is 0.315. The predicted molar refractivity (Wildman–Crippen MR) is 95.0 cm³/mol. The van der Waals surface area contributed by atoms with Gasteiger partial charge in [-0.15, -0.1) is 0 Å². The Bertz CT molecular complexity index is 953. The molecule has 1 aromatic heterocycles. The lowest BCUT2D eigenvalue weighted by Gasteiger charge is -2.06. The predicted octanol–water partition coefficient (Wildman–Crippen LogP) is 2.00. The molecule has 3 amide bonds. The molecule has 7 nitrogen and oxygen atoms in total. The molecule has 3 N–H and O–H groups in total. The molecule has 8 heteroatoms. The van der Waals surface area contributed by atoms with E-state index in [1.165, 1.54) is 11.3 Å². The van der Waals surface area contributed by atoms with E-state index in [1.807, 2.05) is 25.1 Å². The number of aryl methyl sites for hydroxylation is 1. The third-order valence-corrected chi connectivity index (χ3v) is 4.23. The lowest BCUT2D eigenvalue weighted by atomic mass is 10.2. The fourth-order valence-corrected chi connectivity index (χ4v) is 3.03. The number of benzene rings is 2. The standard InChI is InChI=1S/C17H14N4O3S/c1-10-7-8-12-13(9-10)25-17(18-12)19-15(23)16(24)21-20-14(22)11-5-3-2-4-6-11/h2-9H,1H3,(H,20,22)(H,21,24)(H,18,19,23). The zero-order valence-corrected chi connectivity index (χ0v) is 14.0. The first kappa shape index (κ1) is 16.6. The summed E-state index contributed by atoms with van der Waals surface area (Å²) in [6.45, 7) is 1.96. The number of anilines is 1. The number of thiazole rings is 1. The molecule has 0 bridgehead atoms. The Hall–Kier alpha value is -3.26. The van der Waals surface area contributed by atoms with E-state index in [1.54, 1.807) is 30.3 Å². The average molecular weight is 354 g/mol.